The molecule has 4 rings (SSSR count). The monoisotopic (exact) mass is 459 g/mol. The molecule has 7 nitrogen and oxygen atoms in total. The van der Waals surface area contributed by atoms with Gasteiger partial charge in [0.25, 0.3) is 10.0 Å². The lowest BCUT2D eigenvalue weighted by Crippen LogP contribution is -2.16. The number of hydrogen-bond acceptors (Lipinski definition) is 5. The van der Waals surface area contributed by atoms with Crippen LogP contribution in [0.5, 0.6) is 0 Å². The first-order valence-electron chi connectivity index (χ1n) is 10.2. The van der Waals surface area contributed by atoms with Crippen molar-refractivity contribution < 1.29 is 8.42 Å². The molecule has 0 unspecified atom stereocenters. The Bertz CT molecular complexity index is 1180. The summed E-state index contributed by atoms with van der Waals surface area (Å²) in [4.78, 5) is 0.197. The molecule has 1 aliphatic heterocycles. The van der Waals surface area contributed by atoms with E-state index >= 15 is 0 Å². The highest BCUT2D eigenvalue weighted by atomic mass is 35.5. The highest BCUT2D eigenvalue weighted by molar-refractivity contribution is 7.92. The third kappa shape index (κ3) is 4.61. The Hall–Kier alpha value is -2.42. The summed E-state index contributed by atoms with van der Waals surface area (Å²) in [5.74, 6) is 0.581. The number of rotatable bonds is 5. The Balaban J connectivity index is 1.69. The molecule has 0 radical (unpaired) electrons. The van der Waals surface area contributed by atoms with Crippen molar-refractivity contribution >= 4 is 27.3 Å². The summed E-state index contributed by atoms with van der Waals surface area (Å²) in [5, 5.41) is 12.2. The number of halogens is 1. The van der Waals surface area contributed by atoms with Gasteiger partial charge in [-0.05, 0) is 54.3 Å². The van der Waals surface area contributed by atoms with Crippen LogP contribution in [0.15, 0.2) is 53.7 Å². The van der Waals surface area contributed by atoms with Crippen LogP contribution >= 0.6 is 11.6 Å². The molecule has 1 fully saturated rings. The van der Waals surface area contributed by atoms with Gasteiger partial charge in [-0.15, -0.1) is 10.2 Å². The van der Waals surface area contributed by atoms with Gasteiger partial charge in [0.1, 0.15) is 6.33 Å². The molecule has 1 saturated heterocycles. The van der Waals surface area contributed by atoms with Crippen LogP contribution in [0, 0.1) is 0 Å². The molecule has 3 aromatic rings. The maximum atomic E-state index is 13.1. The quantitative estimate of drug-likeness (QED) is 0.596. The Labute approximate surface area is 187 Å². The zero-order valence-electron chi connectivity index (χ0n) is 17.8. The van der Waals surface area contributed by atoms with E-state index in [0.717, 1.165) is 25.1 Å². The number of sulfonamides is 1. The van der Waals surface area contributed by atoms with Crippen LogP contribution in [0.4, 0.5) is 5.69 Å². The smallest absolute Gasteiger partial charge is 0.261 e. The molecule has 0 amide bonds. The molecule has 164 valence electrons. The Kier molecular flexibility index (Phi) is 5.81. The fraction of sp³-hybridized carbons (Fsp3) is 0.364. The number of anilines is 1. The number of aromatic nitrogens is 3. The van der Waals surface area contributed by atoms with Crippen LogP contribution < -0.4 is 10.0 Å². The minimum atomic E-state index is -3.80. The lowest BCUT2D eigenvalue weighted by Gasteiger charge is -2.19. The van der Waals surface area contributed by atoms with Gasteiger partial charge in [-0.2, -0.15) is 0 Å². The standard InChI is InChI=1S/C22H26ClN5O2S/c1-22(2,3)15-4-7-18(8-5-15)31(29,30)27-20-9-6-16(23)12-19(20)21-26-25-14-28(21)17-10-11-24-13-17/h4-9,12,14,17,24,27H,10-11,13H2,1-3H3/t17-/m0/s1. The summed E-state index contributed by atoms with van der Waals surface area (Å²) in [7, 11) is -3.80. The molecule has 0 spiro atoms. The molecular formula is C22H26ClN5O2S. The molecule has 2 aromatic carbocycles. The van der Waals surface area contributed by atoms with Gasteiger partial charge >= 0.3 is 0 Å². The van der Waals surface area contributed by atoms with Gasteiger partial charge in [0.05, 0.1) is 16.6 Å². The Morgan fingerprint density at radius 1 is 1.16 bits per heavy atom. The van der Waals surface area contributed by atoms with E-state index in [-0.39, 0.29) is 16.4 Å². The second-order valence-electron chi connectivity index (χ2n) is 8.78. The maximum Gasteiger partial charge on any atom is 0.261 e. The molecule has 2 N–H and O–H groups in total. The maximum absolute atomic E-state index is 13.1. The third-order valence-corrected chi connectivity index (χ3v) is 7.11. The first-order valence-corrected chi connectivity index (χ1v) is 12.0. The fourth-order valence-corrected chi connectivity index (χ4v) is 4.96. The summed E-state index contributed by atoms with van der Waals surface area (Å²) in [6.45, 7) is 7.99. The number of nitrogens with one attached hydrogen (secondary N) is 2. The van der Waals surface area contributed by atoms with E-state index in [1.54, 1.807) is 36.7 Å². The second-order valence-corrected chi connectivity index (χ2v) is 10.9. The summed E-state index contributed by atoms with van der Waals surface area (Å²) >= 11 is 6.25. The zero-order chi connectivity index (χ0) is 22.2. The predicted molar refractivity (Wildman–Crippen MR) is 123 cm³/mol. The largest absolute Gasteiger partial charge is 0.315 e. The molecule has 1 aromatic heterocycles. The van der Waals surface area contributed by atoms with Crippen molar-refractivity contribution in [3.63, 3.8) is 0 Å². The Morgan fingerprint density at radius 3 is 2.55 bits per heavy atom. The molecule has 1 atom stereocenters. The van der Waals surface area contributed by atoms with Crippen molar-refractivity contribution in [1.29, 1.82) is 0 Å². The first-order chi connectivity index (χ1) is 14.6. The van der Waals surface area contributed by atoms with E-state index in [2.05, 4.69) is 41.0 Å². The molecule has 1 aliphatic rings. The van der Waals surface area contributed by atoms with E-state index in [0.29, 0.717) is 22.1 Å². The van der Waals surface area contributed by atoms with Gasteiger partial charge in [-0.3, -0.25) is 4.72 Å². The minimum absolute atomic E-state index is 0.0573. The fourth-order valence-electron chi connectivity index (χ4n) is 3.71. The normalized spacial score (nSPS) is 17.1. The highest BCUT2D eigenvalue weighted by Crippen LogP contribution is 2.33. The second kappa shape index (κ2) is 8.26. The lowest BCUT2D eigenvalue weighted by atomic mass is 9.87. The molecule has 2 heterocycles. The van der Waals surface area contributed by atoms with Crippen LogP contribution in [0.2, 0.25) is 5.02 Å². The van der Waals surface area contributed by atoms with Gasteiger partial charge < -0.3 is 9.88 Å². The first kappa shape index (κ1) is 21.8. The Morgan fingerprint density at radius 2 is 1.90 bits per heavy atom. The van der Waals surface area contributed by atoms with Gasteiger partial charge in [0.15, 0.2) is 5.82 Å². The number of nitrogens with zero attached hydrogens (tertiary/aromatic N) is 3. The van der Waals surface area contributed by atoms with Crippen molar-refractivity contribution in [3.8, 4) is 11.4 Å². The van der Waals surface area contributed by atoms with E-state index in [1.165, 1.54) is 0 Å². The molecular weight excluding hydrogens is 434 g/mol. The van der Waals surface area contributed by atoms with Gasteiger partial charge in [0.2, 0.25) is 0 Å². The van der Waals surface area contributed by atoms with Gasteiger partial charge in [-0.1, -0.05) is 44.5 Å². The zero-order valence-corrected chi connectivity index (χ0v) is 19.3. The molecule has 0 bridgehead atoms. The summed E-state index contributed by atoms with van der Waals surface area (Å²) in [6.07, 6.45) is 2.63. The average molecular weight is 460 g/mol. The summed E-state index contributed by atoms with van der Waals surface area (Å²) in [5.41, 5.74) is 2.01. The molecule has 0 saturated carbocycles. The highest BCUT2D eigenvalue weighted by Gasteiger charge is 2.24. The van der Waals surface area contributed by atoms with Crippen LogP contribution in [0.3, 0.4) is 0 Å². The van der Waals surface area contributed by atoms with Gasteiger partial charge in [0, 0.05) is 17.1 Å². The van der Waals surface area contributed by atoms with Crippen LogP contribution in [0.25, 0.3) is 11.4 Å². The van der Waals surface area contributed by atoms with E-state index in [9.17, 15) is 8.42 Å². The summed E-state index contributed by atoms with van der Waals surface area (Å²) in [6, 6.07) is 12.2. The van der Waals surface area contributed by atoms with Crippen molar-refractivity contribution in [3.05, 3.63) is 59.4 Å². The number of hydrogen-bond donors (Lipinski definition) is 2. The average Bonchev–Trinajstić information content (AvgIpc) is 3.40. The van der Waals surface area contributed by atoms with Crippen LogP contribution in [-0.2, 0) is 15.4 Å². The van der Waals surface area contributed by atoms with E-state index in [1.807, 2.05) is 16.7 Å². The van der Waals surface area contributed by atoms with Gasteiger partial charge in [-0.25, -0.2) is 8.42 Å². The van der Waals surface area contributed by atoms with Crippen LogP contribution in [-0.4, -0.2) is 36.3 Å². The number of benzene rings is 2. The lowest BCUT2D eigenvalue weighted by molar-refractivity contribution is 0.550. The third-order valence-electron chi connectivity index (χ3n) is 5.50. The van der Waals surface area contributed by atoms with Crippen molar-refractivity contribution in [2.24, 2.45) is 0 Å². The van der Waals surface area contributed by atoms with Crippen molar-refractivity contribution in [1.82, 2.24) is 20.1 Å². The van der Waals surface area contributed by atoms with Crippen molar-refractivity contribution in [2.45, 2.75) is 43.5 Å². The SMILES string of the molecule is CC(C)(C)c1ccc(S(=O)(=O)Nc2ccc(Cl)cc2-c2nncn2[C@H]2CCNC2)cc1. The summed E-state index contributed by atoms with van der Waals surface area (Å²) < 4.78 is 30.9. The van der Waals surface area contributed by atoms with Crippen molar-refractivity contribution in [2.75, 3.05) is 17.8 Å². The minimum Gasteiger partial charge on any atom is -0.315 e. The molecule has 31 heavy (non-hydrogen) atoms. The molecule has 9 heteroatoms. The predicted octanol–water partition coefficient (Wildman–Crippen LogP) is 4.23. The molecule has 0 aliphatic carbocycles. The van der Waals surface area contributed by atoms with E-state index < -0.39 is 10.0 Å². The van der Waals surface area contributed by atoms with Crippen LogP contribution in [0.1, 0.15) is 38.8 Å². The van der Waals surface area contributed by atoms with E-state index in [4.69, 9.17) is 11.6 Å². The topological polar surface area (TPSA) is 88.9 Å².